The predicted octanol–water partition coefficient (Wildman–Crippen LogP) is 4.06. The second kappa shape index (κ2) is 5.00. The Hall–Kier alpha value is -1.29. The summed E-state index contributed by atoms with van der Waals surface area (Å²) < 4.78 is 13.2. The van der Waals surface area contributed by atoms with Crippen molar-refractivity contribution in [3.05, 3.63) is 24.0 Å². The molecule has 0 unspecified atom stereocenters. The van der Waals surface area contributed by atoms with Crippen LogP contribution in [0.25, 0.3) is 11.0 Å². The number of anilines is 1. The highest BCUT2D eigenvalue weighted by Gasteiger charge is 2.31. The van der Waals surface area contributed by atoms with Crippen molar-refractivity contribution < 1.29 is 4.39 Å². The minimum absolute atomic E-state index is 0.0772. The Balaban J connectivity index is 1.87. The smallest absolute Gasteiger partial charge is 0.201 e. The van der Waals surface area contributed by atoms with Crippen LogP contribution in [0.4, 0.5) is 10.3 Å². The molecule has 0 amide bonds. The molecule has 3 nitrogen and oxygen atoms in total. The maximum absolute atomic E-state index is 13.2. The van der Waals surface area contributed by atoms with Gasteiger partial charge in [0.2, 0.25) is 5.95 Å². The molecule has 1 aliphatic carbocycles. The first kappa shape index (κ1) is 12.7. The number of halogens is 2. The molecule has 0 saturated heterocycles. The van der Waals surface area contributed by atoms with Crippen molar-refractivity contribution in [1.29, 1.82) is 0 Å². The maximum Gasteiger partial charge on any atom is 0.201 e. The zero-order valence-electron chi connectivity index (χ0n) is 10.7. The van der Waals surface area contributed by atoms with Crippen molar-refractivity contribution in [3.63, 3.8) is 0 Å². The number of nitrogens with one attached hydrogen (secondary N) is 2. The third-order valence-electron chi connectivity index (χ3n) is 3.89. The molecule has 0 bridgehead atoms. The number of hydrogen-bond acceptors (Lipinski definition) is 2. The Kier molecular flexibility index (Phi) is 3.35. The number of aromatic nitrogens is 2. The molecule has 2 aromatic rings. The van der Waals surface area contributed by atoms with Crippen LogP contribution in [-0.4, -0.2) is 21.4 Å². The van der Waals surface area contributed by atoms with Gasteiger partial charge in [-0.25, -0.2) is 9.37 Å². The number of imidazole rings is 1. The maximum atomic E-state index is 13.2. The summed E-state index contributed by atoms with van der Waals surface area (Å²) in [5.41, 5.74) is 1.40. The topological polar surface area (TPSA) is 40.7 Å². The van der Waals surface area contributed by atoms with Gasteiger partial charge in [0, 0.05) is 5.88 Å². The van der Waals surface area contributed by atoms with Crippen molar-refractivity contribution in [2.24, 2.45) is 0 Å². The van der Waals surface area contributed by atoms with Gasteiger partial charge in [-0.2, -0.15) is 0 Å². The van der Waals surface area contributed by atoms with E-state index in [0.717, 1.165) is 18.4 Å². The average Bonchev–Trinajstić information content (AvgIpc) is 2.81. The molecule has 1 aromatic heterocycles. The van der Waals surface area contributed by atoms with Crippen molar-refractivity contribution >= 4 is 28.6 Å². The lowest BCUT2D eigenvalue weighted by Gasteiger charge is -2.36. The van der Waals surface area contributed by atoms with E-state index in [1.165, 1.54) is 31.4 Å². The van der Waals surface area contributed by atoms with Gasteiger partial charge < -0.3 is 10.3 Å². The van der Waals surface area contributed by atoms with Gasteiger partial charge in [-0.3, -0.25) is 0 Å². The second-order valence-electron chi connectivity index (χ2n) is 5.35. The molecule has 1 saturated carbocycles. The van der Waals surface area contributed by atoms with Crippen LogP contribution in [0, 0.1) is 5.82 Å². The van der Waals surface area contributed by atoms with Crippen LogP contribution < -0.4 is 5.32 Å². The quantitative estimate of drug-likeness (QED) is 0.833. The minimum Gasteiger partial charge on any atom is -0.349 e. The first-order chi connectivity index (χ1) is 9.21. The van der Waals surface area contributed by atoms with E-state index >= 15 is 0 Å². The highest BCUT2D eigenvalue weighted by atomic mass is 35.5. The number of benzene rings is 1. The number of nitrogens with zero attached hydrogens (tertiary/aromatic N) is 1. The molecule has 102 valence electrons. The van der Waals surface area contributed by atoms with Gasteiger partial charge in [0.1, 0.15) is 5.82 Å². The molecule has 0 atom stereocenters. The molecule has 0 aliphatic heterocycles. The van der Waals surface area contributed by atoms with Gasteiger partial charge in [0.15, 0.2) is 0 Å². The van der Waals surface area contributed by atoms with E-state index in [9.17, 15) is 4.39 Å². The van der Waals surface area contributed by atoms with Crippen LogP contribution in [0.1, 0.15) is 32.1 Å². The van der Waals surface area contributed by atoms with Gasteiger partial charge in [-0.1, -0.05) is 19.3 Å². The van der Waals surface area contributed by atoms with Crippen molar-refractivity contribution in [2.45, 2.75) is 37.6 Å². The molecule has 1 aliphatic rings. The molecule has 2 N–H and O–H groups in total. The Morgan fingerprint density at radius 2 is 2.11 bits per heavy atom. The van der Waals surface area contributed by atoms with Crippen molar-refractivity contribution in [3.8, 4) is 0 Å². The molecule has 1 heterocycles. The zero-order valence-corrected chi connectivity index (χ0v) is 11.4. The first-order valence-electron chi connectivity index (χ1n) is 6.70. The molecule has 5 heteroatoms. The van der Waals surface area contributed by atoms with Gasteiger partial charge in [-0.15, -0.1) is 11.6 Å². The fourth-order valence-electron chi connectivity index (χ4n) is 2.81. The summed E-state index contributed by atoms with van der Waals surface area (Å²) >= 11 is 6.15. The number of fused-ring (bicyclic) bond motifs is 1. The van der Waals surface area contributed by atoms with Gasteiger partial charge >= 0.3 is 0 Å². The van der Waals surface area contributed by atoms with E-state index in [1.807, 2.05) is 0 Å². The summed E-state index contributed by atoms with van der Waals surface area (Å²) in [6.45, 7) is 0. The van der Waals surface area contributed by atoms with Crippen LogP contribution in [0.5, 0.6) is 0 Å². The van der Waals surface area contributed by atoms with E-state index in [-0.39, 0.29) is 11.4 Å². The molecule has 1 fully saturated rings. The molecule has 3 rings (SSSR count). The Bertz CT molecular complexity index is 575. The second-order valence-corrected chi connectivity index (χ2v) is 5.61. The van der Waals surface area contributed by atoms with Crippen molar-refractivity contribution in [1.82, 2.24) is 9.97 Å². The van der Waals surface area contributed by atoms with Crippen LogP contribution in [-0.2, 0) is 0 Å². The SMILES string of the molecule is Fc1ccc2nc(NC3(CCl)CCCCC3)[nH]c2c1. The Labute approximate surface area is 116 Å². The highest BCUT2D eigenvalue weighted by molar-refractivity contribution is 6.18. The largest absolute Gasteiger partial charge is 0.349 e. The monoisotopic (exact) mass is 281 g/mol. The summed E-state index contributed by atoms with van der Waals surface area (Å²) in [4.78, 5) is 7.57. The number of hydrogen-bond donors (Lipinski definition) is 2. The Morgan fingerprint density at radius 3 is 2.84 bits per heavy atom. The average molecular weight is 282 g/mol. The third kappa shape index (κ3) is 2.54. The molecule has 0 radical (unpaired) electrons. The lowest BCUT2D eigenvalue weighted by molar-refractivity contribution is 0.352. The number of alkyl halides is 1. The van der Waals surface area contributed by atoms with Gasteiger partial charge in [0.05, 0.1) is 16.6 Å². The fraction of sp³-hybridized carbons (Fsp3) is 0.500. The number of H-pyrrole nitrogens is 1. The van der Waals surface area contributed by atoms with E-state index < -0.39 is 0 Å². The standard InChI is InChI=1S/C14H17ClFN3/c15-9-14(6-2-1-3-7-14)19-13-17-11-5-4-10(16)8-12(11)18-13/h4-5,8H,1-3,6-7,9H2,(H2,17,18,19). The van der Waals surface area contributed by atoms with E-state index in [0.29, 0.717) is 17.3 Å². The van der Waals surface area contributed by atoms with Crippen LogP contribution in [0.2, 0.25) is 0 Å². The zero-order chi connectivity index (χ0) is 13.3. The fourth-order valence-corrected chi connectivity index (χ4v) is 3.15. The first-order valence-corrected chi connectivity index (χ1v) is 7.24. The van der Waals surface area contributed by atoms with E-state index in [4.69, 9.17) is 11.6 Å². The molecular formula is C14H17ClFN3. The van der Waals surface area contributed by atoms with Crippen LogP contribution >= 0.6 is 11.6 Å². The predicted molar refractivity (Wildman–Crippen MR) is 76.2 cm³/mol. The normalized spacial score (nSPS) is 18.6. The third-order valence-corrected chi connectivity index (χ3v) is 4.41. The molecular weight excluding hydrogens is 265 g/mol. The summed E-state index contributed by atoms with van der Waals surface area (Å²) in [5, 5.41) is 3.43. The summed E-state index contributed by atoms with van der Waals surface area (Å²) in [7, 11) is 0. The molecule has 19 heavy (non-hydrogen) atoms. The van der Waals surface area contributed by atoms with Crippen molar-refractivity contribution in [2.75, 3.05) is 11.2 Å². The van der Waals surface area contributed by atoms with E-state index in [2.05, 4.69) is 15.3 Å². The molecule has 1 aromatic carbocycles. The number of rotatable bonds is 3. The lowest BCUT2D eigenvalue weighted by atomic mass is 9.83. The van der Waals surface area contributed by atoms with Crippen LogP contribution in [0.15, 0.2) is 18.2 Å². The summed E-state index contributed by atoms with van der Waals surface area (Å²) in [6.07, 6.45) is 5.76. The van der Waals surface area contributed by atoms with E-state index in [1.54, 1.807) is 6.07 Å². The molecule has 0 spiro atoms. The Morgan fingerprint density at radius 1 is 1.32 bits per heavy atom. The lowest BCUT2D eigenvalue weighted by Crippen LogP contribution is -2.42. The number of aromatic amines is 1. The van der Waals surface area contributed by atoms with Crippen LogP contribution in [0.3, 0.4) is 0 Å². The minimum atomic E-state index is -0.257. The highest BCUT2D eigenvalue weighted by Crippen LogP contribution is 2.32. The van der Waals surface area contributed by atoms with Gasteiger partial charge in [0.25, 0.3) is 0 Å². The summed E-state index contributed by atoms with van der Waals surface area (Å²) in [6, 6.07) is 4.56. The van der Waals surface area contributed by atoms with Gasteiger partial charge in [-0.05, 0) is 31.0 Å². The summed E-state index contributed by atoms with van der Waals surface area (Å²) in [5.74, 6) is 0.994.